The number of aryl methyl sites for hydroxylation is 1. The summed E-state index contributed by atoms with van der Waals surface area (Å²) in [4.78, 5) is 0.926. The van der Waals surface area contributed by atoms with Crippen LogP contribution >= 0.6 is 0 Å². The van der Waals surface area contributed by atoms with Crippen molar-refractivity contribution in [1.29, 1.82) is 0 Å². The van der Waals surface area contributed by atoms with Crippen molar-refractivity contribution in [3.05, 3.63) is 29.8 Å². The Morgan fingerprint density at radius 3 is 1.86 bits per heavy atom. The van der Waals surface area contributed by atoms with Crippen molar-refractivity contribution in [3.63, 3.8) is 0 Å². The Labute approximate surface area is 90.0 Å². The number of rotatable bonds is 2. The zero-order chi connectivity index (χ0) is 11.1. The average Bonchev–Trinajstić information content (AvgIpc) is 2.21. The summed E-state index contributed by atoms with van der Waals surface area (Å²) >= 11 is 0. The van der Waals surface area contributed by atoms with Crippen molar-refractivity contribution < 1.29 is 4.21 Å². The fourth-order valence-electron chi connectivity index (χ4n) is 0.945. The molecule has 0 saturated carbocycles. The van der Waals surface area contributed by atoms with Gasteiger partial charge in [-0.2, -0.15) is 0 Å². The van der Waals surface area contributed by atoms with E-state index in [1.807, 2.05) is 58.9 Å². The highest BCUT2D eigenvalue weighted by molar-refractivity contribution is 7.85. The molecule has 0 bridgehead atoms. The molecule has 0 aromatic heterocycles. The van der Waals surface area contributed by atoms with Crippen molar-refractivity contribution in [2.45, 2.75) is 44.8 Å². The van der Waals surface area contributed by atoms with Crippen molar-refractivity contribution in [3.8, 4) is 0 Å². The number of benzene rings is 1. The van der Waals surface area contributed by atoms with Gasteiger partial charge in [-0.05, 0) is 19.1 Å². The molecule has 1 unspecified atom stereocenters. The van der Waals surface area contributed by atoms with Gasteiger partial charge in [0.2, 0.25) is 0 Å². The normalized spacial score (nSPS) is 11.9. The van der Waals surface area contributed by atoms with Crippen molar-refractivity contribution >= 4 is 10.8 Å². The molecule has 0 N–H and O–H groups in total. The van der Waals surface area contributed by atoms with Crippen LogP contribution in [0.3, 0.4) is 0 Å². The van der Waals surface area contributed by atoms with E-state index >= 15 is 0 Å². The summed E-state index contributed by atoms with van der Waals surface area (Å²) in [5, 5.41) is 0.202. The summed E-state index contributed by atoms with van der Waals surface area (Å²) in [5.41, 5.74) is 1.21. The van der Waals surface area contributed by atoms with Gasteiger partial charge in [0.25, 0.3) is 0 Å². The molecule has 0 aliphatic rings. The van der Waals surface area contributed by atoms with E-state index in [-0.39, 0.29) is 5.25 Å². The molecule has 1 aromatic rings. The van der Waals surface area contributed by atoms with Crippen LogP contribution in [0.1, 0.15) is 33.3 Å². The van der Waals surface area contributed by atoms with Crippen LogP contribution in [0.5, 0.6) is 0 Å². The van der Waals surface area contributed by atoms with Gasteiger partial charge in [-0.1, -0.05) is 45.4 Å². The monoisotopic (exact) mass is 212 g/mol. The lowest BCUT2D eigenvalue weighted by molar-refractivity contribution is 0.676. The Morgan fingerprint density at radius 2 is 1.50 bits per heavy atom. The van der Waals surface area contributed by atoms with Gasteiger partial charge in [0, 0.05) is 10.1 Å². The second-order valence-electron chi connectivity index (χ2n) is 3.16. The van der Waals surface area contributed by atoms with E-state index in [0.29, 0.717) is 0 Å². The maximum Gasteiger partial charge on any atom is 0.0555 e. The minimum absolute atomic E-state index is 0.202. The van der Waals surface area contributed by atoms with Gasteiger partial charge >= 0.3 is 0 Å². The van der Waals surface area contributed by atoms with Gasteiger partial charge in [-0.25, -0.2) is 0 Å². The zero-order valence-electron chi connectivity index (χ0n) is 9.70. The molecule has 1 aromatic carbocycles. The highest BCUT2D eigenvalue weighted by Crippen LogP contribution is 2.11. The molecule has 0 aliphatic heterocycles. The van der Waals surface area contributed by atoms with E-state index in [0.717, 1.165) is 4.90 Å². The number of hydrogen-bond acceptors (Lipinski definition) is 1. The molecule has 2 heteroatoms. The van der Waals surface area contributed by atoms with Crippen LogP contribution in [-0.2, 0) is 10.8 Å². The lowest BCUT2D eigenvalue weighted by Gasteiger charge is -2.04. The first-order chi connectivity index (χ1) is 6.61. The van der Waals surface area contributed by atoms with Crippen LogP contribution in [-0.4, -0.2) is 9.46 Å². The van der Waals surface area contributed by atoms with E-state index in [1.54, 1.807) is 0 Å². The predicted octanol–water partition coefficient (Wildman–Crippen LogP) is 3.54. The molecule has 14 heavy (non-hydrogen) atoms. The third-order valence-corrected chi connectivity index (χ3v) is 3.27. The molecule has 80 valence electrons. The fraction of sp³-hybridized carbons (Fsp3) is 0.500. The van der Waals surface area contributed by atoms with Crippen molar-refractivity contribution in [2.75, 3.05) is 0 Å². The highest BCUT2D eigenvalue weighted by atomic mass is 32.2. The van der Waals surface area contributed by atoms with Gasteiger partial charge in [0.15, 0.2) is 0 Å². The Bertz CT molecular complexity index is 275. The topological polar surface area (TPSA) is 17.1 Å². The van der Waals surface area contributed by atoms with E-state index in [1.165, 1.54) is 5.56 Å². The largest absolute Gasteiger partial charge is 0.254 e. The smallest absolute Gasteiger partial charge is 0.0555 e. The van der Waals surface area contributed by atoms with Crippen LogP contribution in [0, 0.1) is 6.92 Å². The Morgan fingerprint density at radius 1 is 1.07 bits per heavy atom. The minimum atomic E-state index is -0.843. The number of hydrogen-bond donors (Lipinski definition) is 0. The molecule has 0 fully saturated rings. The van der Waals surface area contributed by atoms with E-state index in [4.69, 9.17) is 0 Å². The van der Waals surface area contributed by atoms with Gasteiger partial charge in [-0.3, -0.25) is 4.21 Å². The molecule has 1 nitrogen and oxygen atoms in total. The fourth-order valence-corrected chi connectivity index (χ4v) is 1.89. The summed E-state index contributed by atoms with van der Waals surface area (Å²) < 4.78 is 11.6. The van der Waals surface area contributed by atoms with Crippen molar-refractivity contribution in [2.24, 2.45) is 0 Å². The first-order valence-electron chi connectivity index (χ1n) is 5.08. The highest BCUT2D eigenvalue weighted by Gasteiger charge is 2.06. The van der Waals surface area contributed by atoms with Crippen LogP contribution < -0.4 is 0 Å². The molecule has 1 rings (SSSR count). The predicted molar refractivity (Wildman–Crippen MR) is 64.1 cm³/mol. The molecule has 0 amide bonds. The second-order valence-corrected chi connectivity index (χ2v) is 5.17. The van der Waals surface area contributed by atoms with Gasteiger partial charge in [0.05, 0.1) is 10.8 Å². The third-order valence-electron chi connectivity index (χ3n) is 1.68. The quantitative estimate of drug-likeness (QED) is 0.733. The molecular formula is C12H20OS. The van der Waals surface area contributed by atoms with E-state index in [2.05, 4.69) is 0 Å². The molecule has 0 heterocycles. The van der Waals surface area contributed by atoms with Crippen LogP contribution in [0.25, 0.3) is 0 Å². The molecular weight excluding hydrogens is 192 g/mol. The summed E-state index contributed by atoms with van der Waals surface area (Å²) in [6.45, 7) is 9.97. The zero-order valence-corrected chi connectivity index (χ0v) is 10.5. The first-order valence-corrected chi connectivity index (χ1v) is 6.30. The van der Waals surface area contributed by atoms with Crippen LogP contribution in [0.2, 0.25) is 0 Å². The lowest BCUT2D eigenvalue weighted by atomic mass is 10.2. The Balaban J connectivity index is 0.000000791. The molecule has 0 radical (unpaired) electrons. The van der Waals surface area contributed by atoms with Crippen LogP contribution in [0.4, 0.5) is 0 Å². The van der Waals surface area contributed by atoms with Gasteiger partial charge in [-0.15, -0.1) is 0 Å². The Hall–Kier alpha value is -0.630. The first kappa shape index (κ1) is 13.4. The van der Waals surface area contributed by atoms with Gasteiger partial charge < -0.3 is 0 Å². The maximum absolute atomic E-state index is 11.6. The average molecular weight is 212 g/mol. The summed E-state index contributed by atoms with van der Waals surface area (Å²) in [7, 11) is -0.843. The third kappa shape index (κ3) is 4.05. The van der Waals surface area contributed by atoms with Gasteiger partial charge in [0.1, 0.15) is 0 Å². The lowest BCUT2D eigenvalue weighted by Crippen LogP contribution is -2.05. The maximum atomic E-state index is 11.6. The standard InChI is InChI=1S/C10H14OS.C2H6/c1-8(2)12(11)10-6-4-9(3)5-7-10;1-2/h4-8H,1-3H3;1-2H3. The van der Waals surface area contributed by atoms with E-state index < -0.39 is 10.8 Å². The van der Waals surface area contributed by atoms with Crippen molar-refractivity contribution in [1.82, 2.24) is 0 Å². The molecule has 0 spiro atoms. The SMILES string of the molecule is CC.Cc1ccc(S(=O)C(C)C)cc1. The molecule has 0 saturated heterocycles. The minimum Gasteiger partial charge on any atom is -0.254 e. The second kappa shape index (κ2) is 6.77. The molecule has 0 aliphatic carbocycles. The van der Waals surface area contributed by atoms with E-state index in [9.17, 15) is 4.21 Å². The summed E-state index contributed by atoms with van der Waals surface area (Å²) in [6, 6.07) is 7.86. The summed E-state index contributed by atoms with van der Waals surface area (Å²) in [6.07, 6.45) is 0. The summed E-state index contributed by atoms with van der Waals surface area (Å²) in [5.74, 6) is 0. The molecule has 1 atom stereocenters. The Kier molecular flexibility index (Phi) is 6.46. The van der Waals surface area contributed by atoms with Crippen LogP contribution in [0.15, 0.2) is 29.2 Å².